The van der Waals surface area contributed by atoms with E-state index >= 15 is 0 Å². The lowest BCUT2D eigenvalue weighted by molar-refractivity contribution is -0.117. The van der Waals surface area contributed by atoms with E-state index in [-0.39, 0.29) is 5.91 Å². The van der Waals surface area contributed by atoms with Gasteiger partial charge in [0.2, 0.25) is 5.91 Å². The summed E-state index contributed by atoms with van der Waals surface area (Å²) in [7, 11) is 1.84. The Morgan fingerprint density at radius 2 is 2.12 bits per heavy atom. The molecule has 0 aromatic heterocycles. The van der Waals surface area contributed by atoms with Gasteiger partial charge in [-0.2, -0.15) is 0 Å². The van der Waals surface area contributed by atoms with Crippen molar-refractivity contribution in [3.05, 3.63) is 29.3 Å². The maximum absolute atomic E-state index is 11.6. The van der Waals surface area contributed by atoms with E-state index < -0.39 is 0 Å². The van der Waals surface area contributed by atoms with Gasteiger partial charge in [-0.05, 0) is 29.5 Å². The normalized spacial score (nSPS) is 16.5. The Bertz CT molecular complexity index is 442. The lowest BCUT2D eigenvalue weighted by Crippen LogP contribution is -2.20. The highest BCUT2D eigenvalue weighted by Gasteiger charge is 2.24. The third-order valence-electron chi connectivity index (χ3n) is 3.22. The molecule has 0 spiro atoms. The topological polar surface area (TPSA) is 20.3 Å². The first-order valence-electron chi connectivity index (χ1n) is 6.02. The van der Waals surface area contributed by atoms with Crippen molar-refractivity contribution >= 4 is 27.5 Å². The summed E-state index contributed by atoms with van der Waals surface area (Å²) < 4.78 is 0. The van der Waals surface area contributed by atoms with Crippen LogP contribution in [0.5, 0.6) is 0 Å². The fourth-order valence-electron chi connectivity index (χ4n) is 2.23. The van der Waals surface area contributed by atoms with Crippen molar-refractivity contribution in [2.45, 2.75) is 31.5 Å². The number of likely N-dealkylation sites (N-methyl/N-ethyl adjacent to an activating group) is 1. The molecule has 0 aliphatic carbocycles. The summed E-state index contributed by atoms with van der Waals surface area (Å²) >= 11 is 3.73. The number of fused-ring (bicyclic) bond motifs is 1. The van der Waals surface area contributed by atoms with Gasteiger partial charge < -0.3 is 4.90 Å². The van der Waals surface area contributed by atoms with Crippen molar-refractivity contribution < 1.29 is 4.79 Å². The summed E-state index contributed by atoms with van der Waals surface area (Å²) in [4.78, 5) is 13.7. The third kappa shape index (κ3) is 2.54. The van der Waals surface area contributed by atoms with Crippen LogP contribution in [0.3, 0.4) is 0 Å². The van der Waals surface area contributed by atoms with Crippen molar-refractivity contribution in [2.24, 2.45) is 5.92 Å². The number of alkyl halides is 1. The van der Waals surface area contributed by atoms with Crippen LogP contribution < -0.4 is 4.90 Å². The molecule has 1 unspecified atom stereocenters. The molecule has 0 saturated heterocycles. The monoisotopic (exact) mass is 295 g/mol. The molecule has 0 saturated carbocycles. The summed E-state index contributed by atoms with van der Waals surface area (Å²) in [5.41, 5.74) is 3.49. The predicted octanol–water partition coefficient (Wildman–Crippen LogP) is 3.69. The first-order chi connectivity index (χ1) is 7.99. The second-order valence-electron chi connectivity index (χ2n) is 5.11. The van der Waals surface area contributed by atoms with Gasteiger partial charge in [0, 0.05) is 17.6 Å². The molecule has 17 heavy (non-hydrogen) atoms. The molecule has 3 heteroatoms. The number of nitrogens with zero attached hydrogens (tertiary/aromatic N) is 1. The van der Waals surface area contributed by atoms with Crippen LogP contribution in [-0.2, 0) is 11.2 Å². The van der Waals surface area contributed by atoms with E-state index in [0.29, 0.717) is 17.2 Å². The van der Waals surface area contributed by atoms with Gasteiger partial charge >= 0.3 is 0 Å². The van der Waals surface area contributed by atoms with Gasteiger partial charge in [-0.15, -0.1) is 0 Å². The molecule has 1 aromatic carbocycles. The maximum atomic E-state index is 11.6. The fourth-order valence-corrected chi connectivity index (χ4v) is 3.27. The Kier molecular flexibility index (Phi) is 3.57. The molecule has 1 aliphatic heterocycles. The van der Waals surface area contributed by atoms with E-state index in [1.54, 1.807) is 4.90 Å². The SMILES string of the molecule is CC(C)CC(Br)c1ccc2c(c1)CC(=O)N2C. The first kappa shape index (κ1) is 12.6. The number of hydrogen-bond acceptors (Lipinski definition) is 1. The smallest absolute Gasteiger partial charge is 0.231 e. The molecule has 2 nitrogen and oxygen atoms in total. The summed E-state index contributed by atoms with van der Waals surface area (Å²) in [6.45, 7) is 4.44. The molecule has 1 aromatic rings. The average molecular weight is 296 g/mol. The van der Waals surface area contributed by atoms with E-state index in [1.807, 2.05) is 7.05 Å². The Morgan fingerprint density at radius 1 is 1.41 bits per heavy atom. The summed E-state index contributed by atoms with van der Waals surface area (Å²) in [5.74, 6) is 0.851. The highest BCUT2D eigenvalue weighted by Crippen LogP contribution is 2.35. The second kappa shape index (κ2) is 4.81. The number of carbonyl (C=O) groups excluding carboxylic acids is 1. The fraction of sp³-hybridized carbons (Fsp3) is 0.500. The van der Waals surface area contributed by atoms with Crippen LogP contribution in [0.25, 0.3) is 0 Å². The highest BCUT2D eigenvalue weighted by molar-refractivity contribution is 9.09. The lowest BCUT2D eigenvalue weighted by atomic mass is 10.00. The molecule has 1 amide bonds. The zero-order chi connectivity index (χ0) is 12.6. The van der Waals surface area contributed by atoms with Crippen LogP contribution in [0.4, 0.5) is 5.69 Å². The molecule has 2 rings (SSSR count). The molecule has 0 bridgehead atoms. The Labute approximate surface area is 111 Å². The molecule has 0 radical (unpaired) electrons. The minimum atomic E-state index is 0.187. The molecule has 92 valence electrons. The zero-order valence-electron chi connectivity index (χ0n) is 10.5. The molecule has 1 atom stereocenters. The maximum Gasteiger partial charge on any atom is 0.231 e. The van der Waals surface area contributed by atoms with Crippen LogP contribution in [0.2, 0.25) is 0 Å². The molecule has 0 N–H and O–H groups in total. The third-order valence-corrected chi connectivity index (χ3v) is 4.12. The number of amides is 1. The number of halogens is 1. The number of carbonyl (C=O) groups is 1. The molecule has 0 fully saturated rings. The van der Waals surface area contributed by atoms with E-state index in [0.717, 1.165) is 17.7 Å². The van der Waals surface area contributed by atoms with Crippen LogP contribution in [0, 0.1) is 5.92 Å². The van der Waals surface area contributed by atoms with E-state index in [2.05, 4.69) is 48.0 Å². The van der Waals surface area contributed by atoms with Gasteiger partial charge in [0.1, 0.15) is 0 Å². The zero-order valence-corrected chi connectivity index (χ0v) is 12.1. The van der Waals surface area contributed by atoms with Gasteiger partial charge in [-0.1, -0.05) is 41.9 Å². The van der Waals surface area contributed by atoms with Gasteiger partial charge in [0.05, 0.1) is 6.42 Å². The summed E-state index contributed by atoms with van der Waals surface area (Å²) in [6.07, 6.45) is 1.66. The van der Waals surface area contributed by atoms with Crippen LogP contribution in [0.15, 0.2) is 18.2 Å². The Morgan fingerprint density at radius 3 is 2.76 bits per heavy atom. The van der Waals surface area contributed by atoms with Crippen LogP contribution in [0.1, 0.15) is 36.2 Å². The largest absolute Gasteiger partial charge is 0.315 e. The van der Waals surface area contributed by atoms with Crippen LogP contribution in [-0.4, -0.2) is 13.0 Å². The minimum absolute atomic E-state index is 0.187. The molecular formula is C14H18BrNO. The molecular weight excluding hydrogens is 278 g/mol. The number of anilines is 1. The minimum Gasteiger partial charge on any atom is -0.315 e. The number of rotatable bonds is 3. The number of benzene rings is 1. The first-order valence-corrected chi connectivity index (χ1v) is 6.94. The summed E-state index contributed by atoms with van der Waals surface area (Å²) in [5, 5.41) is 0. The van der Waals surface area contributed by atoms with Crippen molar-refractivity contribution in [3.8, 4) is 0 Å². The van der Waals surface area contributed by atoms with Crippen molar-refractivity contribution in [1.29, 1.82) is 0 Å². The predicted molar refractivity (Wildman–Crippen MR) is 74.7 cm³/mol. The summed E-state index contributed by atoms with van der Waals surface area (Å²) in [6, 6.07) is 6.35. The standard InChI is InChI=1S/C14H18BrNO/c1-9(2)6-12(15)10-4-5-13-11(7-10)8-14(17)16(13)3/h4-5,7,9,12H,6,8H2,1-3H3. The Hall–Kier alpha value is -0.830. The van der Waals surface area contributed by atoms with Gasteiger partial charge in [-0.25, -0.2) is 0 Å². The van der Waals surface area contributed by atoms with E-state index in [4.69, 9.17) is 0 Å². The van der Waals surface area contributed by atoms with Crippen molar-refractivity contribution in [3.63, 3.8) is 0 Å². The highest BCUT2D eigenvalue weighted by atomic mass is 79.9. The van der Waals surface area contributed by atoms with Crippen molar-refractivity contribution in [1.82, 2.24) is 0 Å². The van der Waals surface area contributed by atoms with Crippen LogP contribution >= 0.6 is 15.9 Å². The van der Waals surface area contributed by atoms with Gasteiger partial charge in [0.15, 0.2) is 0 Å². The van der Waals surface area contributed by atoms with Gasteiger partial charge in [0.25, 0.3) is 0 Å². The van der Waals surface area contributed by atoms with E-state index in [9.17, 15) is 4.79 Å². The lowest BCUT2D eigenvalue weighted by Gasteiger charge is -2.15. The molecule has 1 heterocycles. The van der Waals surface area contributed by atoms with Gasteiger partial charge in [-0.3, -0.25) is 4.79 Å². The molecule has 1 aliphatic rings. The van der Waals surface area contributed by atoms with Crippen molar-refractivity contribution in [2.75, 3.05) is 11.9 Å². The average Bonchev–Trinajstić information content (AvgIpc) is 2.53. The quantitative estimate of drug-likeness (QED) is 0.779. The number of hydrogen-bond donors (Lipinski definition) is 0. The second-order valence-corrected chi connectivity index (χ2v) is 6.22. The Balaban J connectivity index is 2.24. The van der Waals surface area contributed by atoms with E-state index in [1.165, 1.54) is 5.56 Å².